The number of benzene rings is 3. The molecule has 2 aliphatic heterocycles. The first kappa shape index (κ1) is 30.5. The van der Waals surface area contributed by atoms with Gasteiger partial charge in [-0.3, -0.25) is 19.2 Å². The maximum absolute atomic E-state index is 13.2. The Morgan fingerprint density at radius 1 is 0.591 bits per heavy atom. The van der Waals surface area contributed by atoms with Gasteiger partial charge in [-0.05, 0) is 36.4 Å². The molecule has 2 aliphatic rings. The number of hydrogen-bond acceptors (Lipinski definition) is 10. The predicted molar refractivity (Wildman–Crippen MR) is 161 cm³/mol. The molecule has 3 aromatic carbocycles. The Labute approximate surface area is 254 Å². The Bertz CT molecular complexity index is 1460. The topological polar surface area (TPSA) is 136 Å². The zero-order valence-corrected chi connectivity index (χ0v) is 24.9. The van der Waals surface area contributed by atoms with Crippen LogP contribution in [0, 0.1) is 0 Å². The first-order valence-electron chi connectivity index (χ1n) is 14.0. The second-order valence-corrected chi connectivity index (χ2v) is 10.2. The molecule has 2 saturated heterocycles. The lowest BCUT2D eigenvalue weighted by Crippen LogP contribution is -2.39. The van der Waals surface area contributed by atoms with Gasteiger partial charge in [-0.25, -0.2) is 9.80 Å². The first-order chi connectivity index (χ1) is 21.3. The van der Waals surface area contributed by atoms with E-state index in [2.05, 4.69) is 10.6 Å². The van der Waals surface area contributed by atoms with Crippen molar-refractivity contribution < 1.29 is 38.1 Å². The minimum atomic E-state index is -0.727. The maximum Gasteiger partial charge on any atom is 0.251 e. The second-order valence-electron chi connectivity index (χ2n) is 10.2. The highest BCUT2D eigenvalue weighted by molar-refractivity contribution is 6.24. The van der Waals surface area contributed by atoms with Gasteiger partial charge in [0.15, 0.2) is 23.0 Å². The van der Waals surface area contributed by atoms with E-state index in [1.54, 1.807) is 50.6 Å². The van der Waals surface area contributed by atoms with Crippen molar-refractivity contribution in [1.29, 1.82) is 0 Å². The Morgan fingerprint density at radius 3 is 1.32 bits per heavy atom. The molecule has 0 unspecified atom stereocenters. The summed E-state index contributed by atoms with van der Waals surface area (Å²) in [6.45, 7) is 0.575. The average molecular weight is 603 g/mol. The minimum absolute atomic E-state index is 0.0125. The van der Waals surface area contributed by atoms with Crippen molar-refractivity contribution in [2.24, 2.45) is 0 Å². The Kier molecular flexibility index (Phi) is 9.12. The Morgan fingerprint density at radius 2 is 0.977 bits per heavy atom. The van der Waals surface area contributed by atoms with E-state index in [1.165, 1.54) is 14.2 Å². The molecule has 230 valence electrons. The monoisotopic (exact) mass is 602 g/mol. The van der Waals surface area contributed by atoms with Crippen LogP contribution in [0.3, 0.4) is 0 Å². The molecule has 0 spiro atoms. The number of anilines is 2. The SMILES string of the molecule is COc1cccc(CN[C@@H]2CC(=O)N(c3ccc(N4C(=O)C[C@@H](NCc5cccc(OC)c5OC)C4=O)cc3)C2=O)c1OC. The molecule has 2 fully saturated rings. The van der Waals surface area contributed by atoms with Crippen LogP contribution in [0.2, 0.25) is 0 Å². The van der Waals surface area contributed by atoms with Crippen LogP contribution in [-0.4, -0.2) is 64.2 Å². The lowest BCUT2D eigenvalue weighted by molar-refractivity contribution is -0.123. The van der Waals surface area contributed by atoms with Crippen molar-refractivity contribution in [1.82, 2.24) is 10.6 Å². The molecule has 12 heteroatoms. The Balaban J connectivity index is 1.23. The van der Waals surface area contributed by atoms with Crippen LogP contribution < -0.4 is 39.4 Å². The average Bonchev–Trinajstić information content (AvgIpc) is 3.49. The molecule has 0 aliphatic carbocycles. The van der Waals surface area contributed by atoms with Crippen LogP contribution in [-0.2, 0) is 32.3 Å². The zero-order chi connectivity index (χ0) is 31.4. The number of nitrogens with one attached hydrogen (secondary N) is 2. The number of rotatable bonds is 12. The highest BCUT2D eigenvalue weighted by atomic mass is 16.5. The number of carbonyl (C=O) groups is 4. The predicted octanol–water partition coefficient (Wildman–Crippen LogP) is 2.56. The number of carbonyl (C=O) groups excluding carboxylic acids is 4. The quantitative estimate of drug-likeness (QED) is 0.298. The van der Waals surface area contributed by atoms with Crippen LogP contribution in [0.1, 0.15) is 24.0 Å². The number of ether oxygens (including phenoxy) is 4. The molecular weight excluding hydrogens is 568 g/mol. The van der Waals surface area contributed by atoms with Gasteiger partial charge in [0.05, 0.1) is 64.7 Å². The second kappa shape index (κ2) is 13.1. The summed E-state index contributed by atoms with van der Waals surface area (Å²) in [5.41, 5.74) is 2.27. The molecule has 0 radical (unpaired) electrons. The number of amides is 4. The lowest BCUT2D eigenvalue weighted by atomic mass is 10.1. The molecule has 44 heavy (non-hydrogen) atoms. The minimum Gasteiger partial charge on any atom is -0.493 e. The molecule has 2 heterocycles. The zero-order valence-electron chi connectivity index (χ0n) is 24.9. The van der Waals surface area contributed by atoms with Crippen molar-refractivity contribution in [3.8, 4) is 23.0 Å². The third-order valence-electron chi connectivity index (χ3n) is 7.71. The molecule has 0 saturated carbocycles. The normalized spacial score (nSPS) is 18.3. The van der Waals surface area contributed by atoms with Crippen molar-refractivity contribution in [3.63, 3.8) is 0 Å². The van der Waals surface area contributed by atoms with Crippen LogP contribution in [0.15, 0.2) is 60.7 Å². The van der Waals surface area contributed by atoms with Gasteiger partial charge >= 0.3 is 0 Å². The number of methoxy groups -OCH3 is 4. The molecule has 12 nitrogen and oxygen atoms in total. The van der Waals surface area contributed by atoms with Gasteiger partial charge in [0, 0.05) is 24.2 Å². The molecule has 0 aromatic heterocycles. The van der Waals surface area contributed by atoms with Crippen LogP contribution in [0.25, 0.3) is 0 Å². The number of para-hydroxylation sites is 2. The van der Waals surface area contributed by atoms with E-state index in [0.717, 1.165) is 20.9 Å². The summed E-state index contributed by atoms with van der Waals surface area (Å²) in [7, 11) is 6.17. The van der Waals surface area contributed by atoms with E-state index in [-0.39, 0.29) is 37.7 Å². The molecule has 5 rings (SSSR count). The highest BCUT2D eigenvalue weighted by Crippen LogP contribution is 2.33. The van der Waals surface area contributed by atoms with Gasteiger partial charge in [0.25, 0.3) is 11.8 Å². The molecule has 0 bridgehead atoms. The van der Waals surface area contributed by atoms with Crippen molar-refractivity contribution in [3.05, 3.63) is 71.8 Å². The smallest absolute Gasteiger partial charge is 0.251 e. The van der Waals surface area contributed by atoms with E-state index in [4.69, 9.17) is 18.9 Å². The van der Waals surface area contributed by atoms with Crippen LogP contribution in [0.5, 0.6) is 23.0 Å². The van der Waals surface area contributed by atoms with E-state index >= 15 is 0 Å². The van der Waals surface area contributed by atoms with Gasteiger partial charge in [-0.15, -0.1) is 0 Å². The van der Waals surface area contributed by atoms with Gasteiger partial charge in [0.1, 0.15) is 0 Å². The van der Waals surface area contributed by atoms with Gasteiger partial charge < -0.3 is 29.6 Å². The maximum atomic E-state index is 13.2. The number of nitrogens with zero attached hydrogens (tertiary/aromatic N) is 2. The van der Waals surface area contributed by atoms with Crippen molar-refractivity contribution >= 4 is 35.0 Å². The van der Waals surface area contributed by atoms with Crippen LogP contribution in [0.4, 0.5) is 11.4 Å². The van der Waals surface area contributed by atoms with Crippen molar-refractivity contribution in [2.75, 3.05) is 38.2 Å². The van der Waals surface area contributed by atoms with Gasteiger partial charge in [-0.2, -0.15) is 0 Å². The summed E-state index contributed by atoms with van der Waals surface area (Å²) in [6, 6.07) is 15.7. The summed E-state index contributed by atoms with van der Waals surface area (Å²) in [4.78, 5) is 54.4. The van der Waals surface area contributed by atoms with E-state index < -0.39 is 23.9 Å². The Hall–Kier alpha value is -4.94. The first-order valence-corrected chi connectivity index (χ1v) is 14.0. The summed E-state index contributed by atoms with van der Waals surface area (Å²) in [5.74, 6) is 0.732. The standard InChI is InChI=1S/C32H34N4O8/c1-41-25-9-5-7-19(29(25)43-3)17-33-23-15-27(37)35(31(23)39)21-11-13-22(14-12-21)36-28(38)16-24(32(36)40)34-18-20-8-6-10-26(42-2)30(20)44-4/h5-14,23-24,33-34H,15-18H2,1-4H3/t23-,24-/m1/s1. The van der Waals surface area contributed by atoms with E-state index in [0.29, 0.717) is 34.4 Å². The number of imide groups is 2. The molecule has 3 aromatic rings. The third kappa shape index (κ3) is 5.81. The molecule has 2 atom stereocenters. The highest BCUT2D eigenvalue weighted by Gasteiger charge is 2.41. The summed E-state index contributed by atoms with van der Waals surface area (Å²) < 4.78 is 21.6. The van der Waals surface area contributed by atoms with Crippen LogP contribution >= 0.6 is 0 Å². The van der Waals surface area contributed by atoms with Crippen molar-refractivity contribution in [2.45, 2.75) is 38.0 Å². The fraction of sp³-hybridized carbons (Fsp3) is 0.312. The van der Waals surface area contributed by atoms with E-state index in [1.807, 2.05) is 24.3 Å². The fourth-order valence-electron chi connectivity index (χ4n) is 5.53. The largest absolute Gasteiger partial charge is 0.493 e. The third-order valence-corrected chi connectivity index (χ3v) is 7.71. The molecule has 2 N–H and O–H groups in total. The summed E-state index contributed by atoms with van der Waals surface area (Å²) in [6.07, 6.45) is -0.0250. The lowest BCUT2D eigenvalue weighted by Gasteiger charge is -2.19. The van der Waals surface area contributed by atoms with E-state index in [9.17, 15) is 19.2 Å². The van der Waals surface area contributed by atoms with Gasteiger partial charge in [0.2, 0.25) is 11.8 Å². The number of hydrogen-bond donors (Lipinski definition) is 2. The fourth-order valence-corrected chi connectivity index (χ4v) is 5.53. The summed E-state index contributed by atoms with van der Waals surface area (Å²) >= 11 is 0. The molecule has 4 amide bonds. The summed E-state index contributed by atoms with van der Waals surface area (Å²) in [5, 5.41) is 6.29. The van der Waals surface area contributed by atoms with Gasteiger partial charge in [-0.1, -0.05) is 24.3 Å². The molecular formula is C32H34N4O8.